The molecule has 126 valence electrons. The number of thiazole rings is 1. The number of hydrogen-bond donors (Lipinski definition) is 1. The standard InChI is InChI=1S/C12H7ClF6N2OS/c13-10-21-5-7(23-10)4-20-9-2-1-6(22-12(17,18)19)3-8(9)11(14,15)16/h1-3,5,20H,4H2. The molecule has 1 aromatic heterocycles. The molecule has 0 radical (unpaired) electrons. The van der Waals surface area contributed by atoms with Crippen molar-refractivity contribution in [3.05, 3.63) is 39.3 Å². The molecule has 2 aromatic rings. The third-order valence-corrected chi connectivity index (χ3v) is 3.62. The lowest BCUT2D eigenvalue weighted by Gasteiger charge is -2.16. The molecule has 1 aromatic carbocycles. The summed E-state index contributed by atoms with van der Waals surface area (Å²) < 4.78 is 79.0. The third kappa shape index (κ3) is 5.17. The van der Waals surface area contributed by atoms with Crippen molar-refractivity contribution < 1.29 is 31.1 Å². The van der Waals surface area contributed by atoms with Gasteiger partial charge in [0.1, 0.15) is 5.75 Å². The second-order valence-corrected chi connectivity index (χ2v) is 5.88. The molecule has 0 saturated carbocycles. The number of nitrogens with zero attached hydrogens (tertiary/aromatic N) is 1. The molecule has 0 spiro atoms. The molecule has 0 aliphatic heterocycles. The molecular formula is C12H7ClF6N2OS. The highest BCUT2D eigenvalue weighted by atomic mass is 35.5. The van der Waals surface area contributed by atoms with Gasteiger partial charge in [0.15, 0.2) is 4.47 Å². The highest BCUT2D eigenvalue weighted by molar-refractivity contribution is 7.15. The average molecular weight is 377 g/mol. The Labute approximate surface area is 134 Å². The van der Waals surface area contributed by atoms with E-state index in [1.165, 1.54) is 6.20 Å². The zero-order chi connectivity index (χ0) is 17.3. The highest BCUT2D eigenvalue weighted by Crippen LogP contribution is 2.38. The predicted octanol–water partition coefficient (Wildman–Crippen LogP) is 5.33. The molecule has 0 aliphatic carbocycles. The number of aromatic nitrogens is 1. The number of alkyl halides is 6. The number of ether oxygens (including phenoxy) is 1. The molecule has 0 atom stereocenters. The van der Waals surface area contributed by atoms with Crippen molar-refractivity contribution in [2.24, 2.45) is 0 Å². The first-order chi connectivity index (χ1) is 10.5. The van der Waals surface area contributed by atoms with Gasteiger partial charge in [0, 0.05) is 16.8 Å². The van der Waals surface area contributed by atoms with Crippen molar-refractivity contribution in [2.45, 2.75) is 19.1 Å². The predicted molar refractivity (Wildman–Crippen MR) is 72.6 cm³/mol. The van der Waals surface area contributed by atoms with Crippen LogP contribution < -0.4 is 10.1 Å². The summed E-state index contributed by atoms with van der Waals surface area (Å²) in [6, 6.07) is 1.95. The number of hydrogen-bond acceptors (Lipinski definition) is 4. The summed E-state index contributed by atoms with van der Waals surface area (Å²) >= 11 is 6.67. The van der Waals surface area contributed by atoms with E-state index in [1.807, 2.05) is 0 Å². The minimum Gasteiger partial charge on any atom is -0.406 e. The van der Waals surface area contributed by atoms with E-state index in [4.69, 9.17) is 11.6 Å². The van der Waals surface area contributed by atoms with Gasteiger partial charge in [0.25, 0.3) is 0 Å². The number of halogens is 7. The van der Waals surface area contributed by atoms with Gasteiger partial charge in [-0.05, 0) is 18.2 Å². The number of nitrogens with one attached hydrogen (secondary N) is 1. The zero-order valence-corrected chi connectivity index (χ0v) is 12.5. The quantitative estimate of drug-likeness (QED) is 0.733. The van der Waals surface area contributed by atoms with Crippen LogP contribution in [0.4, 0.5) is 32.0 Å². The van der Waals surface area contributed by atoms with Crippen LogP contribution in [0.15, 0.2) is 24.4 Å². The molecule has 0 bridgehead atoms. The first-order valence-electron chi connectivity index (χ1n) is 5.85. The van der Waals surface area contributed by atoms with Gasteiger partial charge >= 0.3 is 12.5 Å². The Balaban J connectivity index is 2.24. The van der Waals surface area contributed by atoms with Crippen LogP contribution in [0.25, 0.3) is 0 Å². The Morgan fingerprint density at radius 1 is 1.17 bits per heavy atom. The van der Waals surface area contributed by atoms with Crippen LogP contribution in [-0.2, 0) is 12.7 Å². The second-order valence-electron chi connectivity index (χ2n) is 4.19. The molecule has 23 heavy (non-hydrogen) atoms. The smallest absolute Gasteiger partial charge is 0.406 e. The van der Waals surface area contributed by atoms with Crippen LogP contribution in [0.5, 0.6) is 5.75 Å². The molecule has 1 N–H and O–H groups in total. The Hall–Kier alpha value is -1.68. The summed E-state index contributed by atoms with van der Waals surface area (Å²) in [5, 5.41) is 2.49. The van der Waals surface area contributed by atoms with E-state index in [-0.39, 0.29) is 22.8 Å². The van der Waals surface area contributed by atoms with E-state index in [0.29, 0.717) is 4.88 Å². The summed E-state index contributed by atoms with van der Waals surface area (Å²) in [6.45, 7) is -0.00700. The van der Waals surface area contributed by atoms with Crippen LogP contribution >= 0.6 is 22.9 Å². The Morgan fingerprint density at radius 3 is 2.39 bits per heavy atom. The van der Waals surface area contributed by atoms with E-state index in [2.05, 4.69) is 15.0 Å². The molecule has 2 rings (SSSR count). The van der Waals surface area contributed by atoms with E-state index < -0.39 is 23.9 Å². The summed E-state index contributed by atoms with van der Waals surface area (Å²) in [4.78, 5) is 4.30. The molecule has 0 saturated heterocycles. The third-order valence-electron chi connectivity index (χ3n) is 2.51. The first-order valence-corrected chi connectivity index (χ1v) is 7.05. The Morgan fingerprint density at radius 2 is 1.87 bits per heavy atom. The number of rotatable bonds is 4. The van der Waals surface area contributed by atoms with Crippen LogP contribution in [0.3, 0.4) is 0 Å². The lowest BCUT2D eigenvalue weighted by Crippen LogP contribution is -2.18. The molecule has 11 heteroatoms. The van der Waals surface area contributed by atoms with Crippen LogP contribution in [0, 0.1) is 0 Å². The maximum Gasteiger partial charge on any atom is 0.573 e. The van der Waals surface area contributed by atoms with E-state index in [0.717, 1.165) is 23.5 Å². The lowest BCUT2D eigenvalue weighted by atomic mass is 10.1. The van der Waals surface area contributed by atoms with Crippen molar-refractivity contribution in [3.63, 3.8) is 0 Å². The summed E-state index contributed by atoms with van der Waals surface area (Å²) in [5.74, 6) is -0.948. The minimum atomic E-state index is -5.07. The molecule has 0 fully saturated rings. The van der Waals surface area contributed by atoms with E-state index in [9.17, 15) is 26.3 Å². The van der Waals surface area contributed by atoms with Gasteiger partial charge in [0.05, 0.1) is 12.1 Å². The van der Waals surface area contributed by atoms with Crippen molar-refractivity contribution in [2.75, 3.05) is 5.32 Å². The minimum absolute atomic E-state index is 0.00700. The maximum atomic E-state index is 13.0. The van der Waals surface area contributed by atoms with Crippen molar-refractivity contribution >= 4 is 28.6 Å². The molecule has 0 amide bonds. The molecule has 1 heterocycles. The Kier molecular flexibility index (Phi) is 4.95. The highest BCUT2D eigenvalue weighted by Gasteiger charge is 2.36. The van der Waals surface area contributed by atoms with Gasteiger partial charge in [0.2, 0.25) is 0 Å². The summed E-state index contributed by atoms with van der Waals surface area (Å²) in [5.41, 5.74) is -1.65. The van der Waals surface area contributed by atoms with Gasteiger partial charge in [-0.25, -0.2) is 4.98 Å². The fourth-order valence-electron chi connectivity index (χ4n) is 1.66. The summed E-state index contributed by atoms with van der Waals surface area (Å²) in [7, 11) is 0. The monoisotopic (exact) mass is 376 g/mol. The average Bonchev–Trinajstić information content (AvgIpc) is 2.80. The fraction of sp³-hybridized carbons (Fsp3) is 0.250. The topological polar surface area (TPSA) is 34.1 Å². The molecule has 0 unspecified atom stereocenters. The van der Waals surface area contributed by atoms with Gasteiger partial charge < -0.3 is 10.1 Å². The van der Waals surface area contributed by atoms with E-state index >= 15 is 0 Å². The molecule has 3 nitrogen and oxygen atoms in total. The van der Waals surface area contributed by atoms with Crippen LogP contribution in [0.2, 0.25) is 4.47 Å². The largest absolute Gasteiger partial charge is 0.573 e. The number of benzene rings is 1. The normalized spacial score (nSPS) is 12.3. The lowest BCUT2D eigenvalue weighted by molar-refractivity contribution is -0.274. The Bertz CT molecular complexity index is 685. The van der Waals surface area contributed by atoms with Crippen LogP contribution in [0.1, 0.15) is 10.4 Å². The SMILES string of the molecule is FC(F)(F)Oc1ccc(NCc2cnc(Cl)s2)c(C(F)(F)F)c1. The first kappa shape index (κ1) is 17.7. The zero-order valence-electron chi connectivity index (χ0n) is 10.9. The molecule has 0 aliphatic rings. The van der Waals surface area contributed by atoms with Crippen molar-refractivity contribution in [3.8, 4) is 5.75 Å². The molecular weight excluding hydrogens is 370 g/mol. The van der Waals surface area contributed by atoms with E-state index in [1.54, 1.807) is 0 Å². The van der Waals surface area contributed by atoms with Gasteiger partial charge in [-0.1, -0.05) is 11.6 Å². The van der Waals surface area contributed by atoms with Crippen molar-refractivity contribution in [1.29, 1.82) is 0 Å². The fourth-order valence-corrected chi connectivity index (χ4v) is 2.57. The van der Waals surface area contributed by atoms with Gasteiger partial charge in [-0.15, -0.1) is 24.5 Å². The van der Waals surface area contributed by atoms with Crippen LogP contribution in [-0.4, -0.2) is 11.3 Å². The maximum absolute atomic E-state index is 13.0. The second kappa shape index (κ2) is 6.44. The number of anilines is 1. The van der Waals surface area contributed by atoms with Gasteiger partial charge in [-0.2, -0.15) is 13.2 Å². The summed E-state index contributed by atoms with van der Waals surface area (Å²) in [6.07, 6.45) is -8.54. The van der Waals surface area contributed by atoms with Gasteiger partial charge in [-0.3, -0.25) is 0 Å². The van der Waals surface area contributed by atoms with Crippen molar-refractivity contribution in [1.82, 2.24) is 4.98 Å².